The number of unbranched alkanes of at least 4 members (excludes halogenated alkanes) is 5. The minimum Gasteiger partial charge on any atom is -0.192 e. The van der Waals surface area contributed by atoms with Crippen molar-refractivity contribution in [2.75, 3.05) is 0 Å². The van der Waals surface area contributed by atoms with Gasteiger partial charge in [-0.2, -0.15) is 5.26 Å². The standard InChI is InChI=1S/C12H19N/c1-3-5-6-7-8-9-10-12(4-2)11-13/h2-3,5-10H2,1H3. The maximum absolute atomic E-state index is 8.58. The van der Waals surface area contributed by atoms with Crippen LogP contribution in [0.2, 0.25) is 0 Å². The molecular weight excluding hydrogens is 158 g/mol. The first-order valence-corrected chi connectivity index (χ1v) is 5.14. The van der Waals surface area contributed by atoms with Crippen molar-refractivity contribution >= 4 is 0 Å². The molecule has 0 amide bonds. The van der Waals surface area contributed by atoms with Gasteiger partial charge in [-0.25, -0.2) is 0 Å². The summed E-state index contributed by atoms with van der Waals surface area (Å²) in [5.41, 5.74) is 3.36. The Hall–Kier alpha value is -0.990. The van der Waals surface area contributed by atoms with Gasteiger partial charge in [0.25, 0.3) is 0 Å². The highest BCUT2D eigenvalue weighted by molar-refractivity contribution is 5.18. The minimum absolute atomic E-state index is 0.704. The van der Waals surface area contributed by atoms with Gasteiger partial charge in [0, 0.05) is 0 Å². The van der Waals surface area contributed by atoms with Gasteiger partial charge < -0.3 is 0 Å². The number of hydrogen-bond acceptors (Lipinski definition) is 1. The molecule has 0 radical (unpaired) electrons. The van der Waals surface area contributed by atoms with Crippen molar-refractivity contribution in [1.82, 2.24) is 0 Å². The van der Waals surface area contributed by atoms with E-state index in [2.05, 4.69) is 25.3 Å². The van der Waals surface area contributed by atoms with Gasteiger partial charge in [0.2, 0.25) is 0 Å². The molecule has 1 nitrogen and oxygen atoms in total. The van der Waals surface area contributed by atoms with Crippen LogP contribution in [0.4, 0.5) is 0 Å². The summed E-state index contributed by atoms with van der Waals surface area (Å²) in [6.45, 7) is 5.69. The lowest BCUT2D eigenvalue weighted by Gasteiger charge is -1.98. The lowest BCUT2D eigenvalue weighted by atomic mass is 10.1. The van der Waals surface area contributed by atoms with Crippen LogP contribution < -0.4 is 0 Å². The Morgan fingerprint density at radius 2 is 1.77 bits per heavy atom. The second-order valence-corrected chi connectivity index (χ2v) is 3.28. The number of allylic oxidation sites excluding steroid dienone is 1. The summed E-state index contributed by atoms with van der Waals surface area (Å²) in [5, 5.41) is 8.58. The van der Waals surface area contributed by atoms with Crippen molar-refractivity contribution in [1.29, 1.82) is 5.26 Å². The molecule has 0 atom stereocenters. The van der Waals surface area contributed by atoms with Crippen LogP contribution >= 0.6 is 0 Å². The molecule has 0 spiro atoms. The van der Waals surface area contributed by atoms with E-state index in [9.17, 15) is 0 Å². The highest BCUT2D eigenvalue weighted by Gasteiger charge is 1.94. The number of hydrogen-bond donors (Lipinski definition) is 0. The van der Waals surface area contributed by atoms with E-state index >= 15 is 0 Å². The Kier molecular flexibility index (Phi) is 8.41. The summed E-state index contributed by atoms with van der Waals surface area (Å²) >= 11 is 0. The molecule has 0 rings (SSSR count). The topological polar surface area (TPSA) is 23.8 Å². The Morgan fingerprint density at radius 1 is 1.15 bits per heavy atom. The van der Waals surface area contributed by atoms with E-state index in [4.69, 9.17) is 5.26 Å². The molecule has 0 aliphatic carbocycles. The summed E-state index contributed by atoms with van der Waals surface area (Å²) in [7, 11) is 0. The Balaban J connectivity index is 3.27. The van der Waals surface area contributed by atoms with Crippen molar-refractivity contribution in [3.63, 3.8) is 0 Å². The van der Waals surface area contributed by atoms with E-state index in [1.165, 1.54) is 32.1 Å². The van der Waals surface area contributed by atoms with Gasteiger partial charge in [-0.3, -0.25) is 0 Å². The van der Waals surface area contributed by atoms with E-state index in [1.54, 1.807) is 0 Å². The van der Waals surface area contributed by atoms with Gasteiger partial charge in [-0.15, -0.1) is 5.73 Å². The maximum Gasteiger partial charge on any atom is 0.103 e. The molecule has 0 aromatic carbocycles. The predicted octanol–water partition coefficient (Wildman–Crippen LogP) is 3.97. The first kappa shape index (κ1) is 12.0. The van der Waals surface area contributed by atoms with E-state index in [-0.39, 0.29) is 0 Å². The summed E-state index contributed by atoms with van der Waals surface area (Å²) < 4.78 is 0. The quantitative estimate of drug-likeness (QED) is 0.328. The molecule has 0 aromatic rings. The third kappa shape index (κ3) is 7.37. The molecule has 0 saturated carbocycles. The first-order chi connectivity index (χ1) is 6.35. The molecule has 0 aliphatic rings. The Labute approximate surface area is 81.8 Å². The normalized spacial score (nSPS) is 8.92. The van der Waals surface area contributed by atoms with Crippen molar-refractivity contribution in [3.8, 4) is 6.07 Å². The smallest absolute Gasteiger partial charge is 0.103 e. The van der Waals surface area contributed by atoms with Crippen LogP contribution in [0.1, 0.15) is 51.9 Å². The minimum atomic E-state index is 0.704. The predicted molar refractivity (Wildman–Crippen MR) is 56.3 cm³/mol. The Morgan fingerprint density at radius 3 is 2.31 bits per heavy atom. The fraction of sp³-hybridized carbons (Fsp3) is 0.667. The highest BCUT2D eigenvalue weighted by atomic mass is 14.2. The average molecular weight is 177 g/mol. The maximum atomic E-state index is 8.58. The van der Waals surface area contributed by atoms with Crippen molar-refractivity contribution in [2.24, 2.45) is 0 Å². The molecule has 72 valence electrons. The summed E-state index contributed by atoms with van der Waals surface area (Å²) in [6.07, 6.45) is 8.44. The zero-order chi connectivity index (χ0) is 9.94. The van der Waals surface area contributed by atoms with Gasteiger partial charge in [-0.05, 0) is 12.8 Å². The molecule has 0 aromatic heterocycles. The SMILES string of the molecule is C=C=C(C#N)CCCCCCCC. The molecule has 0 N–H and O–H groups in total. The summed E-state index contributed by atoms with van der Waals surface area (Å²) in [6, 6.07) is 2.10. The van der Waals surface area contributed by atoms with Crippen molar-refractivity contribution < 1.29 is 0 Å². The van der Waals surface area contributed by atoms with Crippen LogP contribution in [0, 0.1) is 11.3 Å². The highest BCUT2D eigenvalue weighted by Crippen LogP contribution is 2.10. The third-order valence-electron chi connectivity index (χ3n) is 2.13. The van der Waals surface area contributed by atoms with E-state index in [0.29, 0.717) is 5.57 Å². The van der Waals surface area contributed by atoms with Crippen LogP contribution in [0.3, 0.4) is 0 Å². The van der Waals surface area contributed by atoms with Gasteiger partial charge >= 0.3 is 0 Å². The fourth-order valence-electron chi connectivity index (χ4n) is 1.27. The zero-order valence-corrected chi connectivity index (χ0v) is 8.60. The van der Waals surface area contributed by atoms with Crippen LogP contribution in [0.5, 0.6) is 0 Å². The molecule has 0 aliphatic heterocycles. The van der Waals surface area contributed by atoms with Gasteiger partial charge in [0.15, 0.2) is 0 Å². The number of nitriles is 1. The number of nitrogens with zero attached hydrogens (tertiary/aromatic N) is 1. The molecule has 0 heterocycles. The van der Waals surface area contributed by atoms with Gasteiger partial charge in [0.05, 0.1) is 5.57 Å². The summed E-state index contributed by atoms with van der Waals surface area (Å²) in [5.74, 6) is 0. The molecule has 0 fully saturated rings. The first-order valence-electron chi connectivity index (χ1n) is 5.14. The third-order valence-corrected chi connectivity index (χ3v) is 2.13. The van der Waals surface area contributed by atoms with Gasteiger partial charge in [0.1, 0.15) is 6.07 Å². The van der Waals surface area contributed by atoms with Crippen LogP contribution in [0.15, 0.2) is 17.9 Å². The number of rotatable bonds is 7. The van der Waals surface area contributed by atoms with Crippen molar-refractivity contribution in [3.05, 3.63) is 17.9 Å². The van der Waals surface area contributed by atoms with E-state index < -0.39 is 0 Å². The molecule has 1 heteroatoms. The van der Waals surface area contributed by atoms with E-state index in [0.717, 1.165) is 12.8 Å². The largest absolute Gasteiger partial charge is 0.192 e. The lowest BCUT2D eigenvalue weighted by molar-refractivity contribution is 0.608. The van der Waals surface area contributed by atoms with Crippen LogP contribution in [0.25, 0.3) is 0 Å². The van der Waals surface area contributed by atoms with Gasteiger partial charge in [-0.1, -0.05) is 45.6 Å². The lowest BCUT2D eigenvalue weighted by Crippen LogP contribution is -1.81. The molecule has 13 heavy (non-hydrogen) atoms. The second-order valence-electron chi connectivity index (χ2n) is 3.28. The van der Waals surface area contributed by atoms with Crippen LogP contribution in [-0.2, 0) is 0 Å². The zero-order valence-electron chi connectivity index (χ0n) is 8.60. The fourth-order valence-corrected chi connectivity index (χ4v) is 1.27. The van der Waals surface area contributed by atoms with Crippen molar-refractivity contribution in [2.45, 2.75) is 51.9 Å². The monoisotopic (exact) mass is 177 g/mol. The molecule has 0 saturated heterocycles. The van der Waals surface area contributed by atoms with E-state index in [1.807, 2.05) is 0 Å². The molecule has 0 unspecified atom stereocenters. The van der Waals surface area contributed by atoms with Crippen LogP contribution in [-0.4, -0.2) is 0 Å². The summed E-state index contributed by atoms with van der Waals surface area (Å²) in [4.78, 5) is 0. The second kappa shape index (κ2) is 9.10. The molecular formula is C12H19N. The average Bonchev–Trinajstić information content (AvgIpc) is 2.17. The molecule has 0 bridgehead atoms. The Bertz CT molecular complexity index is 204.